The van der Waals surface area contributed by atoms with E-state index < -0.39 is 0 Å². The molecule has 2 amide bonds. The summed E-state index contributed by atoms with van der Waals surface area (Å²) in [5.41, 5.74) is 0.759. The van der Waals surface area contributed by atoms with Gasteiger partial charge in [0, 0.05) is 25.6 Å². The van der Waals surface area contributed by atoms with Gasteiger partial charge in [0.05, 0.1) is 24.0 Å². The normalized spacial score (nSPS) is 28.5. The van der Waals surface area contributed by atoms with Crippen molar-refractivity contribution < 1.29 is 9.59 Å². The van der Waals surface area contributed by atoms with Crippen LogP contribution in [0.2, 0.25) is 0 Å². The number of carbonyl (C=O) groups is 2. The largest absolute Gasteiger partial charge is 0.341 e. The van der Waals surface area contributed by atoms with E-state index in [2.05, 4.69) is 9.97 Å². The van der Waals surface area contributed by atoms with Crippen LogP contribution in [0.5, 0.6) is 0 Å². The lowest BCUT2D eigenvalue weighted by atomic mass is 9.84. The maximum atomic E-state index is 12.8. The van der Waals surface area contributed by atoms with Gasteiger partial charge in [-0.15, -0.1) is 0 Å². The molecular weight excluding hydrogens is 280 g/mol. The molecule has 4 rings (SSSR count). The minimum absolute atomic E-state index is 0.0574. The zero-order chi connectivity index (χ0) is 15.1. The second-order valence-corrected chi connectivity index (χ2v) is 6.61. The number of carbonyl (C=O) groups excluding carboxylic acids is 2. The van der Waals surface area contributed by atoms with Crippen LogP contribution in [-0.4, -0.2) is 46.3 Å². The Morgan fingerprint density at radius 2 is 1.91 bits per heavy atom. The number of hydrogen-bond acceptors (Lipinski definition) is 4. The van der Waals surface area contributed by atoms with Gasteiger partial charge in [0.25, 0.3) is 0 Å². The van der Waals surface area contributed by atoms with E-state index in [-0.39, 0.29) is 23.7 Å². The number of hydrogen-bond donors (Lipinski definition) is 0. The third-order valence-corrected chi connectivity index (χ3v) is 5.37. The molecule has 6 nitrogen and oxygen atoms in total. The quantitative estimate of drug-likeness (QED) is 0.820. The summed E-state index contributed by atoms with van der Waals surface area (Å²) in [7, 11) is 0. The zero-order valence-corrected chi connectivity index (χ0v) is 12.5. The fraction of sp³-hybridized carbons (Fsp3) is 0.625. The Bertz CT molecular complexity index is 587. The highest BCUT2D eigenvalue weighted by Crippen LogP contribution is 2.36. The Labute approximate surface area is 129 Å². The number of anilines is 1. The molecule has 0 aromatic carbocycles. The molecule has 6 heteroatoms. The molecule has 116 valence electrons. The van der Waals surface area contributed by atoms with Crippen LogP contribution in [0.1, 0.15) is 25.7 Å². The van der Waals surface area contributed by atoms with E-state index in [1.165, 1.54) is 6.33 Å². The van der Waals surface area contributed by atoms with E-state index in [1.807, 2.05) is 4.90 Å². The van der Waals surface area contributed by atoms with Crippen molar-refractivity contribution in [1.82, 2.24) is 14.9 Å². The van der Waals surface area contributed by atoms with Gasteiger partial charge in [0.1, 0.15) is 6.33 Å². The first-order valence-electron chi connectivity index (χ1n) is 8.09. The Morgan fingerprint density at radius 1 is 1.14 bits per heavy atom. The summed E-state index contributed by atoms with van der Waals surface area (Å²) in [5.74, 6) is 0.863. The van der Waals surface area contributed by atoms with Crippen LogP contribution in [-0.2, 0) is 9.59 Å². The molecule has 1 aromatic rings. The molecule has 2 atom stereocenters. The van der Waals surface area contributed by atoms with Crippen LogP contribution < -0.4 is 4.90 Å². The topological polar surface area (TPSA) is 66.4 Å². The van der Waals surface area contributed by atoms with Crippen molar-refractivity contribution in [3.05, 3.63) is 18.7 Å². The van der Waals surface area contributed by atoms with Crippen LogP contribution in [0.15, 0.2) is 18.7 Å². The highest BCUT2D eigenvalue weighted by Gasteiger charge is 2.45. The average Bonchev–Trinajstić information content (AvgIpc) is 2.92. The van der Waals surface area contributed by atoms with E-state index in [4.69, 9.17) is 0 Å². The van der Waals surface area contributed by atoms with Gasteiger partial charge in [-0.05, 0) is 25.2 Å². The van der Waals surface area contributed by atoms with Crippen molar-refractivity contribution in [2.24, 2.45) is 17.8 Å². The highest BCUT2D eigenvalue weighted by molar-refractivity contribution is 5.96. The van der Waals surface area contributed by atoms with Gasteiger partial charge >= 0.3 is 0 Å². The van der Waals surface area contributed by atoms with Crippen LogP contribution in [0.3, 0.4) is 0 Å². The van der Waals surface area contributed by atoms with E-state index >= 15 is 0 Å². The molecule has 1 saturated carbocycles. The number of nitrogens with zero attached hydrogens (tertiary/aromatic N) is 4. The van der Waals surface area contributed by atoms with Gasteiger partial charge in [-0.3, -0.25) is 9.59 Å². The summed E-state index contributed by atoms with van der Waals surface area (Å²) in [5, 5.41) is 0. The molecule has 0 spiro atoms. The number of fused-ring (bicyclic) bond motifs is 1. The number of rotatable bonds is 2. The smallest absolute Gasteiger partial charge is 0.232 e. The van der Waals surface area contributed by atoms with E-state index in [1.54, 1.807) is 17.3 Å². The van der Waals surface area contributed by atoms with Crippen molar-refractivity contribution >= 4 is 17.5 Å². The van der Waals surface area contributed by atoms with Crippen LogP contribution >= 0.6 is 0 Å². The molecule has 0 N–H and O–H groups in total. The van der Waals surface area contributed by atoms with Gasteiger partial charge < -0.3 is 9.80 Å². The van der Waals surface area contributed by atoms with Crippen molar-refractivity contribution in [3.8, 4) is 0 Å². The number of amides is 2. The predicted octanol–water partition coefficient (Wildman–Crippen LogP) is 1.09. The van der Waals surface area contributed by atoms with Crippen molar-refractivity contribution in [2.75, 3.05) is 24.5 Å². The van der Waals surface area contributed by atoms with Crippen LogP contribution in [0, 0.1) is 17.8 Å². The lowest BCUT2D eigenvalue weighted by Gasteiger charge is -2.33. The maximum absolute atomic E-state index is 12.8. The molecular formula is C16H20N4O2. The summed E-state index contributed by atoms with van der Waals surface area (Å²) in [6.45, 7) is 2.03. The molecule has 1 aliphatic carbocycles. The first kappa shape index (κ1) is 13.7. The Hall–Kier alpha value is -1.98. The zero-order valence-electron chi connectivity index (χ0n) is 12.5. The fourth-order valence-corrected chi connectivity index (χ4v) is 3.83. The fourth-order valence-electron chi connectivity index (χ4n) is 3.83. The maximum Gasteiger partial charge on any atom is 0.232 e. The number of likely N-dealkylation sites (tertiary alicyclic amines) is 1. The monoisotopic (exact) mass is 300 g/mol. The molecule has 22 heavy (non-hydrogen) atoms. The lowest BCUT2D eigenvalue weighted by molar-refractivity contribution is -0.137. The standard InChI is InChI=1S/C16H20N4O2/c21-15(11-2-1-3-11)19-8-12-4-5-20(16(22)14(12)9-19)13-6-17-10-18-7-13/h6-7,10-12,14H,1-5,8-9H2. The molecule has 0 radical (unpaired) electrons. The van der Waals surface area contributed by atoms with Crippen LogP contribution in [0.4, 0.5) is 5.69 Å². The lowest BCUT2D eigenvalue weighted by Crippen LogP contribution is -2.45. The molecule has 1 aromatic heterocycles. The molecule has 3 heterocycles. The third-order valence-electron chi connectivity index (χ3n) is 5.37. The molecule has 2 saturated heterocycles. The highest BCUT2D eigenvalue weighted by atomic mass is 16.2. The van der Waals surface area contributed by atoms with Gasteiger partial charge in [-0.25, -0.2) is 9.97 Å². The summed E-state index contributed by atoms with van der Waals surface area (Å²) in [4.78, 5) is 36.9. The summed E-state index contributed by atoms with van der Waals surface area (Å²) in [6, 6.07) is 0. The molecule has 3 fully saturated rings. The Balaban J connectivity index is 1.48. The summed E-state index contributed by atoms with van der Waals surface area (Å²) in [6.07, 6.45) is 8.97. The second-order valence-electron chi connectivity index (χ2n) is 6.61. The van der Waals surface area contributed by atoms with Gasteiger partial charge in [-0.2, -0.15) is 0 Å². The third kappa shape index (κ3) is 2.17. The molecule has 0 bridgehead atoms. The summed E-state index contributed by atoms with van der Waals surface area (Å²) < 4.78 is 0. The predicted molar refractivity (Wildman–Crippen MR) is 79.9 cm³/mol. The minimum Gasteiger partial charge on any atom is -0.341 e. The molecule has 2 unspecified atom stereocenters. The van der Waals surface area contributed by atoms with Crippen molar-refractivity contribution in [2.45, 2.75) is 25.7 Å². The van der Waals surface area contributed by atoms with Crippen molar-refractivity contribution in [3.63, 3.8) is 0 Å². The first-order chi connectivity index (χ1) is 10.7. The first-order valence-corrected chi connectivity index (χ1v) is 8.09. The Morgan fingerprint density at radius 3 is 2.59 bits per heavy atom. The number of aromatic nitrogens is 2. The van der Waals surface area contributed by atoms with Gasteiger partial charge in [0.15, 0.2) is 0 Å². The van der Waals surface area contributed by atoms with E-state index in [9.17, 15) is 9.59 Å². The average molecular weight is 300 g/mol. The summed E-state index contributed by atoms with van der Waals surface area (Å²) >= 11 is 0. The van der Waals surface area contributed by atoms with Gasteiger partial charge in [0.2, 0.25) is 11.8 Å². The minimum atomic E-state index is -0.0574. The number of piperidine rings is 1. The SMILES string of the molecule is O=C(C1CCC1)N1CC2CCN(c3cncnc3)C(=O)C2C1. The van der Waals surface area contributed by atoms with Crippen LogP contribution in [0.25, 0.3) is 0 Å². The van der Waals surface area contributed by atoms with E-state index in [0.717, 1.165) is 37.9 Å². The molecule has 2 aliphatic heterocycles. The van der Waals surface area contributed by atoms with Gasteiger partial charge in [-0.1, -0.05) is 6.42 Å². The molecule has 3 aliphatic rings. The second kappa shape index (κ2) is 5.34. The van der Waals surface area contributed by atoms with Crippen molar-refractivity contribution in [1.29, 1.82) is 0 Å². The Kier molecular flexibility index (Phi) is 3.32. The van der Waals surface area contributed by atoms with E-state index in [0.29, 0.717) is 19.0 Å².